The molecule has 0 aliphatic carbocycles. The number of amides is 1. The van der Waals surface area contributed by atoms with Crippen LogP contribution >= 0.6 is 35.6 Å². The minimum Gasteiger partial charge on any atom is -0.357 e. The molecule has 0 fully saturated rings. The van der Waals surface area contributed by atoms with Crippen molar-refractivity contribution in [2.75, 3.05) is 19.6 Å². The molecule has 0 bridgehead atoms. The molecule has 2 aromatic rings. The predicted octanol–water partition coefficient (Wildman–Crippen LogP) is 4.01. The summed E-state index contributed by atoms with van der Waals surface area (Å²) in [4.78, 5) is 16.6. The van der Waals surface area contributed by atoms with Crippen molar-refractivity contribution in [1.82, 2.24) is 16.0 Å². The summed E-state index contributed by atoms with van der Waals surface area (Å²) in [7, 11) is 0. The highest BCUT2D eigenvalue weighted by molar-refractivity contribution is 14.0. The fourth-order valence-electron chi connectivity index (χ4n) is 2.60. The van der Waals surface area contributed by atoms with Crippen LogP contribution in [-0.2, 0) is 13.0 Å². The lowest BCUT2D eigenvalue weighted by Gasteiger charge is -2.12. The summed E-state index contributed by atoms with van der Waals surface area (Å²) in [6, 6.07) is 15.4. The number of halogens is 2. The van der Waals surface area contributed by atoms with Gasteiger partial charge in [0.2, 0.25) is 0 Å². The molecule has 0 aliphatic heterocycles. The van der Waals surface area contributed by atoms with Crippen LogP contribution in [0.3, 0.4) is 0 Å². The van der Waals surface area contributed by atoms with E-state index in [-0.39, 0.29) is 29.9 Å². The third kappa shape index (κ3) is 8.48. The first-order chi connectivity index (χ1) is 13.1. The van der Waals surface area contributed by atoms with Gasteiger partial charge in [-0.1, -0.05) is 35.9 Å². The minimum absolute atomic E-state index is 0. The normalized spacial score (nSPS) is 10.8. The first-order valence-electron chi connectivity index (χ1n) is 9.26. The molecule has 1 amide bonds. The second-order valence-corrected chi connectivity index (χ2v) is 6.50. The van der Waals surface area contributed by atoms with Crippen LogP contribution in [0.5, 0.6) is 0 Å². The maximum Gasteiger partial charge on any atom is 0.251 e. The van der Waals surface area contributed by atoms with Gasteiger partial charge in [0.25, 0.3) is 5.91 Å². The Morgan fingerprint density at radius 2 is 1.68 bits per heavy atom. The van der Waals surface area contributed by atoms with Gasteiger partial charge in [-0.15, -0.1) is 24.0 Å². The third-order valence-corrected chi connectivity index (χ3v) is 4.12. The van der Waals surface area contributed by atoms with Crippen LogP contribution in [0.4, 0.5) is 0 Å². The van der Waals surface area contributed by atoms with E-state index in [0.717, 1.165) is 36.1 Å². The summed E-state index contributed by atoms with van der Waals surface area (Å²) in [6.45, 7) is 6.59. The Kier molecular flexibility index (Phi) is 11.6. The van der Waals surface area contributed by atoms with E-state index >= 15 is 0 Å². The SMILES string of the molecule is CCNC(=O)c1cccc(CN=C(NCC)NCCc2cccc(Cl)c2)c1.I. The second kappa shape index (κ2) is 13.4. The van der Waals surface area contributed by atoms with E-state index in [9.17, 15) is 4.79 Å². The number of nitrogens with one attached hydrogen (secondary N) is 3. The maximum absolute atomic E-state index is 12.0. The van der Waals surface area contributed by atoms with Gasteiger partial charge >= 0.3 is 0 Å². The van der Waals surface area contributed by atoms with E-state index < -0.39 is 0 Å². The van der Waals surface area contributed by atoms with Gasteiger partial charge in [0.05, 0.1) is 6.54 Å². The Labute approximate surface area is 189 Å². The number of carbonyl (C=O) groups excluding carboxylic acids is 1. The molecule has 2 rings (SSSR count). The molecule has 0 aromatic heterocycles. The number of benzene rings is 2. The zero-order valence-corrected chi connectivity index (χ0v) is 19.4. The Morgan fingerprint density at radius 3 is 2.39 bits per heavy atom. The number of hydrogen-bond acceptors (Lipinski definition) is 2. The van der Waals surface area contributed by atoms with Crippen LogP contribution in [0, 0.1) is 0 Å². The average Bonchev–Trinajstić information content (AvgIpc) is 2.66. The molecule has 152 valence electrons. The van der Waals surface area contributed by atoms with Crippen molar-refractivity contribution in [3.05, 3.63) is 70.2 Å². The van der Waals surface area contributed by atoms with E-state index in [1.54, 1.807) is 0 Å². The summed E-state index contributed by atoms with van der Waals surface area (Å²) in [5.41, 5.74) is 2.83. The highest BCUT2D eigenvalue weighted by Crippen LogP contribution is 2.10. The van der Waals surface area contributed by atoms with Crippen LogP contribution in [0.25, 0.3) is 0 Å². The molecule has 0 unspecified atom stereocenters. The Balaban J connectivity index is 0.00000392. The highest BCUT2D eigenvalue weighted by Gasteiger charge is 2.05. The third-order valence-electron chi connectivity index (χ3n) is 3.89. The van der Waals surface area contributed by atoms with Gasteiger partial charge in [0.1, 0.15) is 0 Å². The maximum atomic E-state index is 12.0. The molecule has 0 spiro atoms. The largest absolute Gasteiger partial charge is 0.357 e. The van der Waals surface area contributed by atoms with E-state index in [0.29, 0.717) is 18.7 Å². The quantitative estimate of drug-likeness (QED) is 0.283. The van der Waals surface area contributed by atoms with E-state index in [1.807, 2.05) is 56.3 Å². The lowest BCUT2D eigenvalue weighted by Crippen LogP contribution is -2.38. The Hall–Kier alpha value is -1.80. The fourth-order valence-corrected chi connectivity index (χ4v) is 2.82. The molecule has 0 radical (unpaired) electrons. The van der Waals surface area contributed by atoms with Crippen LogP contribution in [0.1, 0.15) is 35.3 Å². The summed E-state index contributed by atoms with van der Waals surface area (Å²) >= 11 is 6.02. The van der Waals surface area contributed by atoms with Gasteiger partial charge in [-0.25, -0.2) is 4.99 Å². The first-order valence-corrected chi connectivity index (χ1v) is 9.64. The minimum atomic E-state index is -0.0603. The van der Waals surface area contributed by atoms with Crippen molar-refractivity contribution in [3.63, 3.8) is 0 Å². The molecule has 0 saturated carbocycles. The summed E-state index contributed by atoms with van der Waals surface area (Å²) in [5.74, 6) is 0.692. The zero-order valence-electron chi connectivity index (χ0n) is 16.3. The van der Waals surface area contributed by atoms with Gasteiger partial charge in [-0.3, -0.25) is 4.79 Å². The van der Waals surface area contributed by atoms with Crippen molar-refractivity contribution in [2.45, 2.75) is 26.8 Å². The van der Waals surface area contributed by atoms with Gasteiger partial charge in [-0.2, -0.15) is 0 Å². The first kappa shape index (κ1) is 24.2. The standard InChI is InChI=1S/C21H27ClN4O.HI/c1-3-23-20(27)18-9-5-8-17(13-18)15-26-21(24-4-2)25-12-11-16-7-6-10-19(22)14-16;/h5-10,13-14H,3-4,11-12,15H2,1-2H3,(H,23,27)(H2,24,25,26);1H. The predicted molar refractivity (Wildman–Crippen MR) is 128 cm³/mol. The molecule has 0 atom stereocenters. The fraction of sp³-hybridized carbons (Fsp3) is 0.333. The molecule has 0 aliphatic rings. The zero-order chi connectivity index (χ0) is 19.5. The lowest BCUT2D eigenvalue weighted by molar-refractivity contribution is 0.0955. The van der Waals surface area contributed by atoms with Gasteiger partial charge in [0, 0.05) is 30.2 Å². The van der Waals surface area contributed by atoms with Crippen LogP contribution in [0.2, 0.25) is 5.02 Å². The van der Waals surface area contributed by atoms with Gasteiger partial charge in [-0.05, 0) is 55.7 Å². The summed E-state index contributed by atoms with van der Waals surface area (Å²) in [6.07, 6.45) is 0.859. The van der Waals surface area contributed by atoms with Crippen molar-refractivity contribution in [1.29, 1.82) is 0 Å². The van der Waals surface area contributed by atoms with Crippen molar-refractivity contribution >= 4 is 47.4 Å². The molecule has 5 nitrogen and oxygen atoms in total. The number of aliphatic imine (C=N–C) groups is 1. The van der Waals surface area contributed by atoms with Gasteiger partial charge < -0.3 is 16.0 Å². The van der Waals surface area contributed by atoms with Crippen LogP contribution in [-0.4, -0.2) is 31.5 Å². The number of nitrogens with zero attached hydrogens (tertiary/aromatic N) is 1. The van der Waals surface area contributed by atoms with Gasteiger partial charge in [0.15, 0.2) is 5.96 Å². The molecule has 2 aromatic carbocycles. The Morgan fingerprint density at radius 1 is 0.964 bits per heavy atom. The molecule has 0 heterocycles. The van der Waals surface area contributed by atoms with Crippen molar-refractivity contribution < 1.29 is 4.79 Å². The van der Waals surface area contributed by atoms with Crippen LogP contribution < -0.4 is 16.0 Å². The number of rotatable bonds is 8. The summed E-state index contributed by atoms with van der Waals surface area (Å²) in [5, 5.41) is 10.1. The average molecular weight is 515 g/mol. The van der Waals surface area contributed by atoms with E-state index in [1.165, 1.54) is 5.56 Å². The lowest BCUT2D eigenvalue weighted by atomic mass is 10.1. The van der Waals surface area contributed by atoms with Crippen molar-refractivity contribution in [3.8, 4) is 0 Å². The Bertz CT molecular complexity index is 783. The smallest absolute Gasteiger partial charge is 0.251 e. The monoisotopic (exact) mass is 514 g/mol. The number of carbonyl (C=O) groups is 1. The van der Waals surface area contributed by atoms with Crippen LogP contribution in [0.15, 0.2) is 53.5 Å². The highest BCUT2D eigenvalue weighted by atomic mass is 127. The van der Waals surface area contributed by atoms with E-state index in [4.69, 9.17) is 11.6 Å². The molecule has 7 heteroatoms. The number of hydrogen-bond donors (Lipinski definition) is 3. The van der Waals surface area contributed by atoms with E-state index in [2.05, 4.69) is 27.0 Å². The molecular formula is C21H28ClIN4O. The topological polar surface area (TPSA) is 65.5 Å². The second-order valence-electron chi connectivity index (χ2n) is 6.06. The molecular weight excluding hydrogens is 487 g/mol. The molecule has 3 N–H and O–H groups in total. The number of guanidine groups is 1. The molecule has 0 saturated heterocycles. The summed E-state index contributed by atoms with van der Waals surface area (Å²) < 4.78 is 0. The molecule has 28 heavy (non-hydrogen) atoms. The van der Waals surface area contributed by atoms with Crippen molar-refractivity contribution in [2.24, 2.45) is 4.99 Å².